The van der Waals surface area contributed by atoms with Crippen LogP contribution in [-0.2, 0) is 33.1 Å². The maximum Gasteiger partial charge on any atom is 0.330 e. The Balaban J connectivity index is 1.67. The van der Waals surface area contributed by atoms with Gasteiger partial charge in [0.15, 0.2) is 8.32 Å². The lowest BCUT2D eigenvalue weighted by atomic mass is 9.91. The molecule has 1 saturated heterocycles. The molecule has 2 bridgehead atoms. The van der Waals surface area contributed by atoms with Crippen molar-refractivity contribution in [2.45, 2.75) is 191 Å². The average Bonchev–Trinajstić information content (AvgIpc) is 3.89. The number of hydrogen-bond acceptors (Lipinski definition) is 9. The summed E-state index contributed by atoms with van der Waals surface area (Å²) in [5, 5.41) is 20.7. The van der Waals surface area contributed by atoms with E-state index < -0.39 is 38.9 Å². The third kappa shape index (κ3) is 14.1. The fourth-order valence-corrected chi connectivity index (χ4v) is 12.9. The molecule has 1 fully saturated rings. The Kier molecular flexibility index (Phi) is 18.0. The number of aliphatic hydroxyl groups is 1. The first kappa shape index (κ1) is 42.8. The van der Waals surface area contributed by atoms with Crippen LogP contribution in [0.2, 0.25) is 18.1 Å². The number of carbonyl (C=O) groups excluding carboxylic acids is 1. The molecule has 4 heterocycles. The van der Waals surface area contributed by atoms with Crippen LogP contribution in [0.3, 0.4) is 0 Å². The van der Waals surface area contributed by atoms with Gasteiger partial charge in [-0.05, 0) is 75.6 Å². The van der Waals surface area contributed by atoms with E-state index in [1.165, 1.54) is 6.08 Å². The summed E-state index contributed by atoms with van der Waals surface area (Å²) in [4.78, 5) is 18.2. The molecule has 0 amide bonds. The van der Waals surface area contributed by atoms with Crippen molar-refractivity contribution in [1.29, 1.82) is 0 Å². The molecule has 2 N–H and O–H groups in total. The number of epoxide rings is 1. The topological polar surface area (TPSA) is 116 Å². The lowest BCUT2D eigenvalue weighted by Gasteiger charge is -2.38. The number of cyclic esters (lactones) is 1. The van der Waals surface area contributed by atoms with Crippen LogP contribution >= 0.6 is 0 Å². The van der Waals surface area contributed by atoms with E-state index in [0.29, 0.717) is 31.6 Å². The minimum absolute atomic E-state index is 0.101. The van der Waals surface area contributed by atoms with Gasteiger partial charge in [0.2, 0.25) is 6.29 Å². The summed E-state index contributed by atoms with van der Waals surface area (Å²) >= 11 is 0. The predicted octanol–water partition coefficient (Wildman–Crippen LogP) is 9.29. The number of rotatable bonds is 15. The van der Waals surface area contributed by atoms with Gasteiger partial charge in [-0.1, -0.05) is 114 Å². The SMILES string of the molecule is C=C1C[C@H](C)C[C@@H]2CC=C[C@@H](C/C=C/C(=O)O[C@H]([C@H](/C=C/[C@@H]3CC(C)=CC(OO)O3)O[Si](CCCC)(CCCC)CCCC)C[C@H]3O[C@H]3[C@@H](O)C1)O2. The summed E-state index contributed by atoms with van der Waals surface area (Å²) in [5.41, 5.74) is 2.05. The highest BCUT2D eigenvalue weighted by Gasteiger charge is 2.48. The second-order valence-corrected chi connectivity index (χ2v) is 19.9. The van der Waals surface area contributed by atoms with Crippen LogP contribution < -0.4 is 0 Å². The molecule has 0 aromatic carbocycles. The van der Waals surface area contributed by atoms with Crippen molar-refractivity contribution in [2.75, 3.05) is 0 Å². The van der Waals surface area contributed by atoms with Gasteiger partial charge in [0.25, 0.3) is 0 Å². The van der Waals surface area contributed by atoms with Crippen molar-refractivity contribution in [1.82, 2.24) is 0 Å². The zero-order valence-electron chi connectivity index (χ0n) is 32.6. The largest absolute Gasteiger partial charge is 0.456 e. The zero-order chi connectivity index (χ0) is 37.5. The maximum atomic E-state index is 13.6. The fourth-order valence-electron chi connectivity index (χ4n) is 8.04. The van der Waals surface area contributed by atoms with Crippen molar-refractivity contribution in [2.24, 2.45) is 5.92 Å². The van der Waals surface area contributed by atoms with E-state index in [2.05, 4.69) is 51.3 Å². The van der Waals surface area contributed by atoms with Gasteiger partial charge < -0.3 is 28.5 Å². The molecule has 4 aliphatic heterocycles. The molecule has 0 aromatic heterocycles. The molecule has 9 nitrogen and oxygen atoms in total. The number of carbonyl (C=O) groups is 1. The quantitative estimate of drug-likeness (QED) is 0.0423. The van der Waals surface area contributed by atoms with Gasteiger partial charge in [-0.25, -0.2) is 14.9 Å². The van der Waals surface area contributed by atoms with Crippen LogP contribution in [0.4, 0.5) is 0 Å². The summed E-state index contributed by atoms with van der Waals surface area (Å²) < 4.78 is 32.3. The first-order valence-electron chi connectivity index (χ1n) is 20.2. The second-order valence-electron chi connectivity index (χ2n) is 15.8. The molecule has 0 aromatic rings. The third-order valence-electron chi connectivity index (χ3n) is 10.9. The van der Waals surface area contributed by atoms with Crippen molar-refractivity contribution in [3.8, 4) is 0 Å². The lowest BCUT2D eigenvalue weighted by molar-refractivity contribution is -0.336. The Hall–Kier alpha value is -1.89. The Labute approximate surface area is 314 Å². The average molecular weight is 745 g/mol. The van der Waals surface area contributed by atoms with E-state index in [0.717, 1.165) is 87.1 Å². The van der Waals surface area contributed by atoms with Gasteiger partial charge in [0.1, 0.15) is 18.3 Å². The van der Waals surface area contributed by atoms with Crippen molar-refractivity contribution in [3.05, 3.63) is 60.3 Å². The standard InChI is InChI=1S/C42H68O9Si/c1-7-10-21-52(22-11-8-2,23-12-9-3)51-37(20-19-35-26-32(6)28-41(47-35)50-45)38-29-39-42(49-39)36(43)27-31(5)24-30(4)25-34-17-13-15-33(46-34)16-14-18-40(44)48-38/h13-15,18-20,28,30,33-39,41-43,45H,5,7-12,16-17,21-27,29H2,1-4,6H3/b18-14+,20-19+/t30-,33-,34-,35+,36-,37-,38-,39+,41?,42-/m0/s1. The van der Waals surface area contributed by atoms with Gasteiger partial charge in [-0.3, -0.25) is 0 Å². The molecule has 10 heteroatoms. The van der Waals surface area contributed by atoms with E-state index in [9.17, 15) is 15.2 Å². The van der Waals surface area contributed by atoms with E-state index >= 15 is 0 Å². The summed E-state index contributed by atoms with van der Waals surface area (Å²) in [6.07, 6.45) is 20.8. The Morgan fingerprint density at radius 2 is 1.69 bits per heavy atom. The number of aliphatic hydroxyl groups excluding tert-OH is 1. The number of fused-ring (bicyclic) bond motifs is 3. The molecular weight excluding hydrogens is 677 g/mol. The molecule has 10 atom stereocenters. The van der Waals surface area contributed by atoms with E-state index in [1.807, 2.05) is 25.2 Å². The van der Waals surface area contributed by atoms with E-state index in [1.54, 1.807) is 6.08 Å². The normalized spacial score (nSPS) is 33.4. The lowest BCUT2D eigenvalue weighted by Crippen LogP contribution is -2.46. The molecule has 4 rings (SSSR count). The minimum Gasteiger partial charge on any atom is -0.456 e. The molecule has 0 spiro atoms. The van der Waals surface area contributed by atoms with E-state index in [4.69, 9.17) is 23.4 Å². The Morgan fingerprint density at radius 1 is 0.981 bits per heavy atom. The monoisotopic (exact) mass is 744 g/mol. The van der Waals surface area contributed by atoms with Gasteiger partial charge >= 0.3 is 5.97 Å². The van der Waals surface area contributed by atoms with Gasteiger partial charge in [-0.2, -0.15) is 0 Å². The van der Waals surface area contributed by atoms with Gasteiger partial charge in [-0.15, -0.1) is 0 Å². The van der Waals surface area contributed by atoms with Crippen molar-refractivity contribution in [3.63, 3.8) is 0 Å². The van der Waals surface area contributed by atoms with Crippen LogP contribution in [0.25, 0.3) is 0 Å². The summed E-state index contributed by atoms with van der Waals surface area (Å²) in [7, 11) is -2.31. The van der Waals surface area contributed by atoms with Crippen LogP contribution in [0.5, 0.6) is 0 Å². The maximum absolute atomic E-state index is 13.6. The molecule has 0 saturated carbocycles. The van der Waals surface area contributed by atoms with Crippen LogP contribution in [-0.4, -0.2) is 79.8 Å². The van der Waals surface area contributed by atoms with Crippen molar-refractivity contribution < 1.29 is 43.4 Å². The molecule has 0 aliphatic carbocycles. The zero-order valence-corrected chi connectivity index (χ0v) is 33.6. The molecule has 4 aliphatic rings. The molecule has 294 valence electrons. The Bertz CT molecular complexity index is 1210. The second kappa shape index (κ2) is 21.9. The number of hydrogen-bond donors (Lipinski definition) is 2. The molecular formula is C42H68O9Si. The summed E-state index contributed by atoms with van der Waals surface area (Å²) in [6.45, 7) is 15.2. The van der Waals surface area contributed by atoms with Crippen LogP contribution in [0, 0.1) is 5.92 Å². The van der Waals surface area contributed by atoms with Crippen molar-refractivity contribution >= 4 is 14.3 Å². The fraction of sp³-hybridized carbons (Fsp3) is 0.738. The number of ether oxygens (including phenoxy) is 4. The smallest absolute Gasteiger partial charge is 0.330 e. The third-order valence-corrected chi connectivity index (χ3v) is 15.4. The molecule has 1 unspecified atom stereocenters. The van der Waals surface area contributed by atoms with Crippen LogP contribution in [0.1, 0.15) is 118 Å². The minimum atomic E-state index is -2.31. The van der Waals surface area contributed by atoms with E-state index in [-0.39, 0.29) is 30.5 Å². The first-order valence-corrected chi connectivity index (χ1v) is 22.8. The summed E-state index contributed by atoms with van der Waals surface area (Å²) in [5.74, 6) is -0.0657. The highest BCUT2D eigenvalue weighted by Crippen LogP contribution is 2.38. The highest BCUT2D eigenvalue weighted by atomic mass is 28.4. The number of esters is 1. The summed E-state index contributed by atoms with van der Waals surface area (Å²) in [6, 6.07) is 3.15. The highest BCUT2D eigenvalue weighted by molar-refractivity contribution is 6.73. The van der Waals surface area contributed by atoms with Crippen LogP contribution in [0.15, 0.2) is 60.3 Å². The number of unbranched alkanes of at least 4 members (excludes halogenated alkanes) is 3. The first-order chi connectivity index (χ1) is 25.1. The predicted molar refractivity (Wildman–Crippen MR) is 207 cm³/mol. The molecule has 52 heavy (non-hydrogen) atoms. The Morgan fingerprint density at radius 3 is 2.37 bits per heavy atom. The van der Waals surface area contributed by atoms with Gasteiger partial charge in [0, 0.05) is 12.5 Å². The molecule has 0 radical (unpaired) electrons. The van der Waals surface area contributed by atoms with Gasteiger partial charge in [0.05, 0.1) is 30.5 Å².